The van der Waals surface area contributed by atoms with Gasteiger partial charge >= 0.3 is 0 Å². The number of H-pyrrole nitrogens is 1. The topological polar surface area (TPSA) is 79.5 Å². The fourth-order valence-corrected chi connectivity index (χ4v) is 5.76. The molecule has 4 rings (SSSR count). The van der Waals surface area contributed by atoms with Crippen LogP contribution in [0.3, 0.4) is 0 Å². The van der Waals surface area contributed by atoms with Crippen LogP contribution in [0.25, 0.3) is 22.2 Å². The number of aromatic amines is 1. The van der Waals surface area contributed by atoms with Crippen molar-refractivity contribution < 1.29 is 17.9 Å². The van der Waals surface area contributed by atoms with E-state index in [-0.39, 0.29) is 4.90 Å². The molecule has 0 saturated carbocycles. The van der Waals surface area contributed by atoms with Gasteiger partial charge in [-0.15, -0.1) is 0 Å². The third-order valence-electron chi connectivity index (χ3n) is 5.57. The first-order valence-corrected chi connectivity index (χ1v) is 11.7. The second-order valence-electron chi connectivity index (χ2n) is 7.41. The molecule has 1 saturated heterocycles. The van der Waals surface area contributed by atoms with Gasteiger partial charge in [-0.05, 0) is 49.2 Å². The number of sulfonamides is 1. The molecule has 0 unspecified atom stereocenters. The maximum Gasteiger partial charge on any atom is 0.243 e. The molecule has 0 spiro atoms. The molecule has 1 aliphatic rings. The van der Waals surface area contributed by atoms with Crippen LogP contribution >= 0.6 is 11.6 Å². The van der Waals surface area contributed by atoms with Gasteiger partial charge in [-0.2, -0.15) is 4.31 Å². The Morgan fingerprint density at radius 3 is 2.43 bits per heavy atom. The average Bonchev–Trinajstić information content (AvgIpc) is 2.89. The number of halogens is 1. The Balaban J connectivity index is 1.80. The largest absolute Gasteiger partial charge is 0.495 e. The Morgan fingerprint density at radius 1 is 1.07 bits per heavy atom. The van der Waals surface area contributed by atoms with Crippen molar-refractivity contribution >= 4 is 38.8 Å². The van der Waals surface area contributed by atoms with Crippen LogP contribution in [0.4, 0.5) is 0 Å². The van der Waals surface area contributed by atoms with E-state index in [1.54, 1.807) is 40.7 Å². The van der Waals surface area contributed by atoms with Crippen LogP contribution in [0, 0.1) is 0 Å². The molecule has 0 atom stereocenters. The highest BCUT2D eigenvalue weighted by Crippen LogP contribution is 2.35. The van der Waals surface area contributed by atoms with Crippen molar-refractivity contribution in [3.8, 4) is 17.0 Å². The quantitative estimate of drug-likeness (QED) is 0.567. The number of nitrogens with one attached hydrogen (secondary N) is 1. The van der Waals surface area contributed by atoms with E-state index in [9.17, 15) is 13.2 Å². The molecule has 1 aromatic heterocycles. The fraction of sp³-hybridized carbons (Fsp3) is 0.318. The summed E-state index contributed by atoms with van der Waals surface area (Å²) in [6.45, 7) is 1.06. The smallest absolute Gasteiger partial charge is 0.243 e. The Bertz CT molecular complexity index is 1200. The van der Waals surface area contributed by atoms with Gasteiger partial charge in [-0.3, -0.25) is 4.79 Å². The number of methoxy groups -OCH3 is 1. The molecule has 158 valence electrons. The van der Waals surface area contributed by atoms with Crippen LogP contribution in [0.5, 0.6) is 5.75 Å². The first-order chi connectivity index (χ1) is 14.5. The van der Waals surface area contributed by atoms with Gasteiger partial charge in [0.15, 0.2) is 6.29 Å². The van der Waals surface area contributed by atoms with Crippen LogP contribution in [0.2, 0.25) is 5.02 Å². The van der Waals surface area contributed by atoms with Gasteiger partial charge in [-0.25, -0.2) is 8.42 Å². The molecular formula is C22H23ClN2O4S. The first kappa shape index (κ1) is 20.9. The Hall–Kier alpha value is -2.35. The van der Waals surface area contributed by atoms with Crippen molar-refractivity contribution in [2.75, 3.05) is 20.2 Å². The van der Waals surface area contributed by atoms with Crippen LogP contribution in [0.15, 0.2) is 41.3 Å². The molecule has 2 aromatic carbocycles. The summed E-state index contributed by atoms with van der Waals surface area (Å²) in [5.41, 5.74) is 2.40. The van der Waals surface area contributed by atoms with E-state index in [1.165, 1.54) is 7.11 Å². The lowest BCUT2D eigenvalue weighted by molar-refractivity contribution is 0.112. The van der Waals surface area contributed by atoms with E-state index >= 15 is 0 Å². The third-order valence-corrected chi connectivity index (χ3v) is 7.76. The number of carbonyl (C=O) groups excluding carboxylic acids is 1. The molecule has 1 N–H and O–H groups in total. The number of aldehydes is 1. The van der Waals surface area contributed by atoms with Crippen LogP contribution in [0.1, 0.15) is 36.0 Å². The maximum atomic E-state index is 13.2. The number of fused-ring (bicyclic) bond motifs is 1. The Labute approximate surface area is 180 Å². The Morgan fingerprint density at radius 2 is 1.80 bits per heavy atom. The zero-order chi connectivity index (χ0) is 21.3. The van der Waals surface area contributed by atoms with Crippen LogP contribution in [-0.4, -0.2) is 44.2 Å². The van der Waals surface area contributed by atoms with Crippen molar-refractivity contribution in [1.82, 2.24) is 9.29 Å². The summed E-state index contributed by atoms with van der Waals surface area (Å²) < 4.78 is 33.1. The number of hydrogen-bond donors (Lipinski definition) is 1. The molecule has 0 bridgehead atoms. The van der Waals surface area contributed by atoms with Gasteiger partial charge in [0, 0.05) is 35.1 Å². The van der Waals surface area contributed by atoms with E-state index in [4.69, 9.17) is 16.3 Å². The van der Waals surface area contributed by atoms with Crippen LogP contribution < -0.4 is 4.74 Å². The first-order valence-electron chi connectivity index (χ1n) is 9.90. The molecule has 0 aliphatic carbocycles. The van der Waals surface area contributed by atoms with Gasteiger partial charge < -0.3 is 9.72 Å². The summed E-state index contributed by atoms with van der Waals surface area (Å²) in [6.07, 6.45) is 4.58. The number of nitrogens with zero attached hydrogens (tertiary/aromatic N) is 1. The minimum Gasteiger partial charge on any atom is -0.495 e. The van der Waals surface area contributed by atoms with Gasteiger partial charge in [0.05, 0.1) is 22.7 Å². The number of rotatable bonds is 5. The number of hydrogen-bond acceptors (Lipinski definition) is 4. The van der Waals surface area contributed by atoms with Gasteiger partial charge in [0.1, 0.15) is 5.75 Å². The molecule has 30 heavy (non-hydrogen) atoms. The van der Waals surface area contributed by atoms with Crippen molar-refractivity contribution in [2.45, 2.75) is 30.6 Å². The van der Waals surface area contributed by atoms with E-state index < -0.39 is 10.0 Å². The molecule has 1 fully saturated rings. The lowest BCUT2D eigenvalue weighted by Crippen LogP contribution is -2.31. The number of benzene rings is 2. The minimum atomic E-state index is -3.61. The Kier molecular flexibility index (Phi) is 5.86. The van der Waals surface area contributed by atoms with Crippen molar-refractivity contribution in [1.29, 1.82) is 0 Å². The van der Waals surface area contributed by atoms with E-state index in [0.717, 1.165) is 37.5 Å². The van der Waals surface area contributed by atoms with E-state index in [1.807, 2.05) is 0 Å². The summed E-state index contributed by atoms with van der Waals surface area (Å²) in [6, 6.07) is 10.1. The molecule has 3 aromatic rings. The molecular weight excluding hydrogens is 424 g/mol. The minimum absolute atomic E-state index is 0.207. The maximum absolute atomic E-state index is 13.2. The standard InChI is InChI=1S/C22H23ClN2O4S/c1-29-21-9-6-15(12-19(21)23)22-18(14-26)17-13-16(7-8-20(17)24-22)30(27,28)25-10-4-2-3-5-11-25/h6-9,12-14,24H,2-5,10-11H2,1H3. The molecule has 1 aliphatic heterocycles. The molecule has 0 amide bonds. The molecule has 8 heteroatoms. The highest BCUT2D eigenvalue weighted by atomic mass is 35.5. The number of aromatic nitrogens is 1. The summed E-state index contributed by atoms with van der Waals surface area (Å²) in [5.74, 6) is 0.537. The van der Waals surface area contributed by atoms with Gasteiger partial charge in [0.2, 0.25) is 10.0 Å². The van der Waals surface area contributed by atoms with Crippen molar-refractivity contribution in [3.63, 3.8) is 0 Å². The summed E-state index contributed by atoms with van der Waals surface area (Å²) >= 11 is 6.25. The lowest BCUT2D eigenvalue weighted by Gasteiger charge is -2.20. The normalized spacial score (nSPS) is 15.8. The highest BCUT2D eigenvalue weighted by Gasteiger charge is 2.26. The predicted molar refractivity (Wildman–Crippen MR) is 118 cm³/mol. The van der Waals surface area contributed by atoms with Crippen LogP contribution in [-0.2, 0) is 10.0 Å². The number of ether oxygens (including phenoxy) is 1. The van der Waals surface area contributed by atoms with Crippen molar-refractivity contribution in [2.24, 2.45) is 0 Å². The molecule has 2 heterocycles. The lowest BCUT2D eigenvalue weighted by atomic mass is 10.1. The fourth-order valence-electron chi connectivity index (χ4n) is 3.96. The zero-order valence-electron chi connectivity index (χ0n) is 16.7. The second-order valence-corrected chi connectivity index (χ2v) is 9.75. The summed E-state index contributed by atoms with van der Waals surface area (Å²) in [4.78, 5) is 15.4. The second kappa shape index (κ2) is 8.41. The SMILES string of the molecule is COc1ccc(-c2[nH]c3ccc(S(=O)(=O)N4CCCCCC4)cc3c2C=O)cc1Cl. The predicted octanol–water partition coefficient (Wildman–Crippen LogP) is 4.87. The third kappa shape index (κ3) is 3.73. The highest BCUT2D eigenvalue weighted by molar-refractivity contribution is 7.89. The number of carbonyl (C=O) groups is 1. The monoisotopic (exact) mass is 446 g/mol. The van der Waals surface area contributed by atoms with Gasteiger partial charge in [0.25, 0.3) is 0 Å². The summed E-state index contributed by atoms with van der Waals surface area (Å²) in [7, 11) is -2.07. The molecule has 6 nitrogen and oxygen atoms in total. The molecule has 0 radical (unpaired) electrons. The van der Waals surface area contributed by atoms with Gasteiger partial charge in [-0.1, -0.05) is 24.4 Å². The van der Waals surface area contributed by atoms with E-state index in [2.05, 4.69) is 4.98 Å². The zero-order valence-corrected chi connectivity index (χ0v) is 18.2. The van der Waals surface area contributed by atoms with E-state index in [0.29, 0.717) is 46.0 Å². The average molecular weight is 447 g/mol. The summed E-state index contributed by atoms with van der Waals surface area (Å²) in [5, 5.41) is 0.998. The van der Waals surface area contributed by atoms with Crippen molar-refractivity contribution in [3.05, 3.63) is 47.0 Å².